The van der Waals surface area contributed by atoms with Gasteiger partial charge in [0.2, 0.25) is 0 Å². The van der Waals surface area contributed by atoms with Crippen LogP contribution in [0, 0.1) is 0 Å². The van der Waals surface area contributed by atoms with Crippen LogP contribution in [0.2, 0.25) is 0 Å². The van der Waals surface area contributed by atoms with E-state index in [9.17, 15) is 0 Å². The van der Waals surface area contributed by atoms with E-state index >= 15 is 0 Å². The average Bonchev–Trinajstić information content (AvgIpc) is 3.73. The van der Waals surface area contributed by atoms with Crippen molar-refractivity contribution in [2.24, 2.45) is 0 Å². The van der Waals surface area contributed by atoms with Crippen LogP contribution in [-0.2, 0) is 6.42 Å². The van der Waals surface area contributed by atoms with Crippen molar-refractivity contribution in [3.05, 3.63) is 154 Å². The molecule has 10 rings (SSSR count). The van der Waals surface area contributed by atoms with Crippen molar-refractivity contribution in [2.75, 3.05) is 4.90 Å². The zero-order valence-electron chi connectivity index (χ0n) is 27.5. The molecule has 2 aromatic heterocycles. The van der Waals surface area contributed by atoms with Gasteiger partial charge in [-0.05, 0) is 104 Å². The Balaban J connectivity index is 1.28. The van der Waals surface area contributed by atoms with Crippen LogP contribution in [-0.4, -0.2) is 0 Å². The van der Waals surface area contributed by atoms with Gasteiger partial charge in [-0.25, -0.2) is 0 Å². The third-order valence-electron chi connectivity index (χ3n) is 10.8. The summed E-state index contributed by atoms with van der Waals surface area (Å²) >= 11 is 0. The second-order valence-corrected chi connectivity index (χ2v) is 13.6. The van der Waals surface area contributed by atoms with E-state index in [4.69, 9.17) is 8.83 Å². The zero-order valence-corrected chi connectivity index (χ0v) is 27.5. The molecule has 0 spiro atoms. The highest BCUT2D eigenvalue weighted by atomic mass is 16.3. The number of benzene rings is 4. The molecule has 4 aliphatic carbocycles. The standard InChI is InChI=1S/C46H37NO2/c1-3-13-30(14-4-1)31-25-27-34(28-26-31)47(38-21-11-18-32-15-7-8-19-35(32)38)39-22-12-24-41-44(39)37-29-42-45(36-20-9-10-23-40(36)48-42)43(46(37)49-41)33-16-5-2-6-17-33/h1-3,5-6,8-11,13,16-21,23-25,27,29H,4,7,12,14-15,22,26,28H2. The first-order chi connectivity index (χ1) is 24.3. The first kappa shape index (κ1) is 28.5. The summed E-state index contributed by atoms with van der Waals surface area (Å²) in [5.74, 6) is 0. The van der Waals surface area contributed by atoms with Gasteiger partial charge < -0.3 is 13.7 Å². The lowest BCUT2D eigenvalue weighted by Crippen LogP contribution is -2.35. The minimum atomic E-state index is 0.895. The number of rotatable bonds is 5. The van der Waals surface area contributed by atoms with Crippen molar-refractivity contribution in [3.8, 4) is 11.1 Å². The Morgan fingerprint density at radius 1 is 0.633 bits per heavy atom. The summed E-state index contributed by atoms with van der Waals surface area (Å²) in [5, 5.41) is 4.53. The molecule has 0 fully saturated rings. The third-order valence-corrected chi connectivity index (χ3v) is 10.8. The number of allylic oxidation sites excluding steroid dienone is 9. The van der Waals surface area contributed by atoms with E-state index in [0.29, 0.717) is 0 Å². The summed E-state index contributed by atoms with van der Waals surface area (Å²) in [7, 11) is 0. The number of aryl methyl sites for hydroxylation is 1. The van der Waals surface area contributed by atoms with Gasteiger partial charge >= 0.3 is 0 Å². The fourth-order valence-corrected chi connectivity index (χ4v) is 8.53. The van der Waals surface area contributed by atoms with E-state index in [0.717, 1.165) is 101 Å². The number of fused-ring (bicyclic) bond motifs is 7. The summed E-state index contributed by atoms with van der Waals surface area (Å²) < 4.78 is 13.6. The molecule has 0 atom stereocenters. The van der Waals surface area contributed by atoms with E-state index in [2.05, 4.69) is 126 Å². The molecule has 0 saturated heterocycles. The van der Waals surface area contributed by atoms with Crippen LogP contribution in [0.25, 0.3) is 61.9 Å². The Bertz CT molecular complexity index is 2600. The predicted molar refractivity (Wildman–Crippen MR) is 203 cm³/mol. The molecule has 0 amide bonds. The molecule has 0 N–H and O–H groups in total. The highest BCUT2D eigenvalue weighted by molar-refractivity contribution is 6.19. The van der Waals surface area contributed by atoms with Crippen molar-refractivity contribution in [1.82, 2.24) is 0 Å². The Morgan fingerprint density at radius 2 is 1.51 bits per heavy atom. The van der Waals surface area contributed by atoms with Gasteiger partial charge in [-0.3, -0.25) is 0 Å². The van der Waals surface area contributed by atoms with E-state index in [1.54, 1.807) is 0 Å². The third kappa shape index (κ3) is 4.63. The van der Waals surface area contributed by atoms with Crippen LogP contribution in [0.15, 0.2) is 141 Å². The number of anilines is 1. The number of hydrogen-bond acceptors (Lipinski definition) is 3. The summed E-state index contributed by atoms with van der Waals surface area (Å²) in [4.78, 5) is 2.60. The van der Waals surface area contributed by atoms with Gasteiger partial charge in [0.25, 0.3) is 0 Å². The number of nitrogens with zero attached hydrogens (tertiary/aromatic N) is 1. The lowest BCUT2D eigenvalue weighted by atomic mass is 9.89. The quantitative estimate of drug-likeness (QED) is 0.189. The molecule has 4 aromatic carbocycles. The average molecular weight is 636 g/mol. The Labute approximate surface area is 285 Å². The Hall–Kier alpha value is -5.54. The van der Waals surface area contributed by atoms with Gasteiger partial charge in [0.05, 0.1) is 5.69 Å². The first-order valence-electron chi connectivity index (χ1n) is 17.8. The SMILES string of the molecule is C1=CCCC(C2=CC=C(N(C3=c4c(oc5c(-c6ccccc6)c6c(cc45)oc4ccccc46)=CCC3)c3cccc4c3C=CCC4)CC2)=C1. The van der Waals surface area contributed by atoms with E-state index in [1.807, 2.05) is 6.07 Å². The van der Waals surface area contributed by atoms with Gasteiger partial charge in [0.15, 0.2) is 0 Å². The molecular weight excluding hydrogens is 599 g/mol. The molecule has 4 aliphatic rings. The second-order valence-electron chi connectivity index (χ2n) is 13.6. The van der Waals surface area contributed by atoms with Gasteiger partial charge in [-0.2, -0.15) is 0 Å². The number of para-hydroxylation sites is 1. The molecular formula is C46H37NO2. The van der Waals surface area contributed by atoms with Crippen LogP contribution in [0.5, 0.6) is 0 Å². The highest BCUT2D eigenvalue weighted by Gasteiger charge is 2.28. The smallest absolute Gasteiger partial charge is 0.144 e. The molecule has 0 bridgehead atoms. The normalized spacial score (nSPS) is 17.1. The Morgan fingerprint density at radius 3 is 2.39 bits per heavy atom. The summed E-state index contributed by atoms with van der Waals surface area (Å²) in [6.07, 6.45) is 26.9. The van der Waals surface area contributed by atoms with Gasteiger partial charge in [0.1, 0.15) is 22.2 Å². The molecule has 238 valence electrons. The molecule has 0 aliphatic heterocycles. The van der Waals surface area contributed by atoms with Crippen molar-refractivity contribution < 1.29 is 8.83 Å². The summed E-state index contributed by atoms with van der Waals surface area (Å²) in [6.45, 7) is 0. The molecule has 0 radical (unpaired) electrons. The zero-order chi connectivity index (χ0) is 32.3. The molecule has 6 aromatic rings. The molecule has 3 heteroatoms. The summed E-state index contributed by atoms with van der Waals surface area (Å²) in [5.41, 5.74) is 15.5. The van der Waals surface area contributed by atoms with Crippen molar-refractivity contribution in [1.29, 1.82) is 0 Å². The minimum Gasteiger partial charge on any atom is -0.456 e. The predicted octanol–water partition coefficient (Wildman–Crippen LogP) is 11.0. The van der Waals surface area contributed by atoms with Gasteiger partial charge in [0, 0.05) is 43.9 Å². The van der Waals surface area contributed by atoms with Crippen LogP contribution in [0.3, 0.4) is 0 Å². The van der Waals surface area contributed by atoms with E-state index < -0.39 is 0 Å². The first-order valence-corrected chi connectivity index (χ1v) is 17.8. The lowest BCUT2D eigenvalue weighted by molar-refractivity contribution is 0.571. The molecule has 0 unspecified atom stereocenters. The van der Waals surface area contributed by atoms with Gasteiger partial charge in [-0.1, -0.05) is 97.1 Å². The maximum atomic E-state index is 7.01. The lowest BCUT2D eigenvalue weighted by Gasteiger charge is -2.34. The van der Waals surface area contributed by atoms with E-state index in [-0.39, 0.29) is 0 Å². The van der Waals surface area contributed by atoms with Crippen LogP contribution < -0.4 is 15.5 Å². The maximum absolute atomic E-state index is 7.01. The molecule has 3 nitrogen and oxygen atoms in total. The fraction of sp³-hybridized carbons (Fsp3) is 0.174. The summed E-state index contributed by atoms with van der Waals surface area (Å²) in [6, 6.07) is 28.2. The Kier molecular flexibility index (Phi) is 6.72. The molecule has 49 heavy (non-hydrogen) atoms. The fourth-order valence-electron chi connectivity index (χ4n) is 8.53. The van der Waals surface area contributed by atoms with Crippen molar-refractivity contribution >= 4 is 56.4 Å². The topological polar surface area (TPSA) is 29.5 Å². The van der Waals surface area contributed by atoms with E-state index in [1.165, 1.54) is 44.6 Å². The minimum absolute atomic E-state index is 0.895. The molecule has 0 saturated carbocycles. The number of hydrogen-bond donors (Lipinski definition) is 0. The van der Waals surface area contributed by atoms with Crippen LogP contribution in [0.1, 0.15) is 56.1 Å². The highest BCUT2D eigenvalue weighted by Crippen LogP contribution is 2.43. The van der Waals surface area contributed by atoms with Crippen LogP contribution >= 0.6 is 0 Å². The van der Waals surface area contributed by atoms with Crippen LogP contribution in [0.4, 0.5) is 5.69 Å². The second kappa shape index (κ2) is 11.6. The van der Waals surface area contributed by atoms with Gasteiger partial charge in [-0.15, -0.1) is 0 Å². The van der Waals surface area contributed by atoms with Crippen molar-refractivity contribution in [3.63, 3.8) is 0 Å². The molecule has 2 heterocycles. The maximum Gasteiger partial charge on any atom is 0.144 e. The monoisotopic (exact) mass is 635 g/mol. The van der Waals surface area contributed by atoms with Crippen molar-refractivity contribution in [2.45, 2.75) is 51.4 Å². The largest absolute Gasteiger partial charge is 0.456 e. The number of furan rings is 2.